The number of likely N-dealkylation sites (N-methyl/N-ethyl adjacent to an activating group) is 1. The van der Waals surface area contributed by atoms with Crippen molar-refractivity contribution in [3.05, 3.63) is 0 Å². The van der Waals surface area contributed by atoms with Gasteiger partial charge in [-0.25, -0.2) is 0 Å². The summed E-state index contributed by atoms with van der Waals surface area (Å²) < 4.78 is 5.51. The van der Waals surface area contributed by atoms with Crippen molar-refractivity contribution < 1.29 is 9.53 Å². The van der Waals surface area contributed by atoms with Crippen LogP contribution in [0.15, 0.2) is 0 Å². The Labute approximate surface area is 121 Å². The molecule has 0 aromatic carbocycles. The van der Waals surface area contributed by atoms with Crippen molar-refractivity contribution in [1.82, 2.24) is 9.80 Å². The lowest BCUT2D eigenvalue weighted by molar-refractivity contribution is -0.132. The molecule has 2 saturated heterocycles. The van der Waals surface area contributed by atoms with Crippen molar-refractivity contribution in [2.24, 2.45) is 11.3 Å². The average molecular weight is 279 g/mol. The third kappa shape index (κ3) is 3.50. The number of likely N-dealkylation sites (tertiary alicyclic amines) is 1. The van der Waals surface area contributed by atoms with Crippen LogP contribution in [0.1, 0.15) is 26.7 Å². The molecule has 2 fully saturated rings. The van der Waals surface area contributed by atoms with Gasteiger partial charge in [0.15, 0.2) is 0 Å². The minimum absolute atomic E-state index is 0.105. The third-order valence-corrected chi connectivity index (χ3v) is 4.51. The molecule has 0 aromatic heterocycles. The van der Waals surface area contributed by atoms with Crippen LogP contribution < -0.4 is 0 Å². The Bertz CT molecular complexity index is 385. The first-order chi connectivity index (χ1) is 9.58. The number of rotatable bonds is 5. The van der Waals surface area contributed by atoms with Crippen molar-refractivity contribution in [2.45, 2.75) is 26.7 Å². The van der Waals surface area contributed by atoms with E-state index in [4.69, 9.17) is 10.00 Å². The van der Waals surface area contributed by atoms with Crippen LogP contribution in [-0.2, 0) is 9.53 Å². The molecule has 0 aromatic rings. The zero-order valence-corrected chi connectivity index (χ0v) is 12.6. The van der Waals surface area contributed by atoms with Gasteiger partial charge in [-0.1, -0.05) is 0 Å². The van der Waals surface area contributed by atoms with Crippen LogP contribution >= 0.6 is 0 Å². The largest absolute Gasteiger partial charge is 0.381 e. The molecular weight excluding hydrogens is 254 g/mol. The maximum atomic E-state index is 12.3. The van der Waals surface area contributed by atoms with Crippen molar-refractivity contribution in [3.8, 4) is 6.07 Å². The molecule has 2 atom stereocenters. The molecule has 1 spiro atoms. The van der Waals surface area contributed by atoms with Gasteiger partial charge < -0.3 is 9.64 Å². The molecule has 0 saturated carbocycles. The molecule has 112 valence electrons. The topological polar surface area (TPSA) is 56.6 Å². The van der Waals surface area contributed by atoms with Gasteiger partial charge in [0.05, 0.1) is 25.1 Å². The van der Waals surface area contributed by atoms with Gasteiger partial charge >= 0.3 is 0 Å². The second-order valence-electron chi connectivity index (χ2n) is 6.23. The van der Waals surface area contributed by atoms with E-state index in [-0.39, 0.29) is 11.8 Å². The van der Waals surface area contributed by atoms with E-state index in [0.717, 1.165) is 39.1 Å². The highest BCUT2D eigenvalue weighted by atomic mass is 16.5. The molecule has 0 N–H and O–H groups in total. The molecule has 20 heavy (non-hydrogen) atoms. The summed E-state index contributed by atoms with van der Waals surface area (Å²) in [5.74, 6) is 0.0395. The first kappa shape index (κ1) is 15.3. The lowest BCUT2D eigenvalue weighted by Crippen LogP contribution is -2.42. The van der Waals surface area contributed by atoms with Crippen LogP contribution in [-0.4, -0.2) is 61.6 Å². The zero-order chi connectivity index (χ0) is 14.6. The Balaban J connectivity index is 1.83. The molecule has 0 aliphatic carbocycles. The number of hydrogen-bond donors (Lipinski definition) is 0. The Morgan fingerprint density at radius 1 is 1.55 bits per heavy atom. The van der Waals surface area contributed by atoms with Gasteiger partial charge in [-0.2, -0.15) is 5.26 Å². The van der Waals surface area contributed by atoms with E-state index in [0.29, 0.717) is 25.0 Å². The van der Waals surface area contributed by atoms with Crippen LogP contribution in [0.5, 0.6) is 0 Å². The standard InChI is InChI=1S/C15H25N3O2/c1-3-18(9-13(2)8-16)14(19)10-17-6-4-15(11-17)5-7-20-12-15/h13H,3-7,9-12H2,1-2H3/t13-,15+/m1/s1. The lowest BCUT2D eigenvalue weighted by Gasteiger charge is -2.26. The Kier molecular flexibility index (Phi) is 5.00. The molecule has 0 radical (unpaired) electrons. The molecule has 1 amide bonds. The van der Waals surface area contributed by atoms with Crippen LogP contribution in [0.4, 0.5) is 0 Å². The summed E-state index contributed by atoms with van der Waals surface area (Å²) in [4.78, 5) is 16.4. The van der Waals surface area contributed by atoms with E-state index < -0.39 is 0 Å². The lowest BCUT2D eigenvalue weighted by atomic mass is 9.87. The van der Waals surface area contributed by atoms with E-state index in [1.807, 2.05) is 13.8 Å². The summed E-state index contributed by atoms with van der Waals surface area (Å²) in [7, 11) is 0. The fourth-order valence-electron chi connectivity index (χ4n) is 3.20. The minimum Gasteiger partial charge on any atom is -0.381 e. The highest BCUT2D eigenvalue weighted by molar-refractivity contribution is 5.78. The second kappa shape index (κ2) is 6.55. The van der Waals surface area contributed by atoms with Gasteiger partial charge in [0.2, 0.25) is 5.91 Å². The molecule has 2 heterocycles. The van der Waals surface area contributed by atoms with Gasteiger partial charge in [-0.3, -0.25) is 9.69 Å². The number of carbonyl (C=O) groups is 1. The van der Waals surface area contributed by atoms with E-state index in [1.54, 1.807) is 4.90 Å². The van der Waals surface area contributed by atoms with Crippen LogP contribution in [0.25, 0.3) is 0 Å². The maximum absolute atomic E-state index is 12.3. The van der Waals surface area contributed by atoms with Crippen molar-refractivity contribution >= 4 is 5.91 Å². The average Bonchev–Trinajstić information content (AvgIpc) is 3.06. The quantitative estimate of drug-likeness (QED) is 0.756. The normalized spacial score (nSPS) is 27.6. The van der Waals surface area contributed by atoms with E-state index in [9.17, 15) is 4.79 Å². The summed E-state index contributed by atoms with van der Waals surface area (Å²) in [5, 5.41) is 8.87. The number of nitriles is 1. The van der Waals surface area contributed by atoms with Gasteiger partial charge in [0, 0.05) is 31.7 Å². The second-order valence-corrected chi connectivity index (χ2v) is 6.23. The summed E-state index contributed by atoms with van der Waals surface area (Å²) >= 11 is 0. The molecule has 5 heteroatoms. The van der Waals surface area contributed by atoms with Crippen LogP contribution in [0.2, 0.25) is 0 Å². The number of carbonyl (C=O) groups excluding carboxylic acids is 1. The molecule has 2 rings (SSSR count). The van der Waals surface area contributed by atoms with Gasteiger partial charge in [0.25, 0.3) is 0 Å². The highest BCUT2D eigenvalue weighted by Gasteiger charge is 2.41. The predicted molar refractivity (Wildman–Crippen MR) is 76.0 cm³/mol. The monoisotopic (exact) mass is 279 g/mol. The molecule has 0 bridgehead atoms. The Morgan fingerprint density at radius 3 is 2.95 bits per heavy atom. The summed E-state index contributed by atoms with van der Waals surface area (Å²) in [5.41, 5.74) is 0.303. The minimum atomic E-state index is -0.105. The fourth-order valence-corrected chi connectivity index (χ4v) is 3.20. The number of nitrogens with zero attached hydrogens (tertiary/aromatic N) is 3. The maximum Gasteiger partial charge on any atom is 0.236 e. The van der Waals surface area contributed by atoms with Gasteiger partial charge in [-0.05, 0) is 33.2 Å². The fraction of sp³-hybridized carbons (Fsp3) is 0.867. The summed E-state index contributed by atoms with van der Waals surface area (Å²) in [6, 6.07) is 2.19. The first-order valence-corrected chi connectivity index (χ1v) is 7.56. The smallest absolute Gasteiger partial charge is 0.236 e. The molecule has 5 nitrogen and oxygen atoms in total. The van der Waals surface area contributed by atoms with Crippen molar-refractivity contribution in [3.63, 3.8) is 0 Å². The van der Waals surface area contributed by atoms with E-state index in [1.165, 1.54) is 0 Å². The third-order valence-electron chi connectivity index (χ3n) is 4.51. The van der Waals surface area contributed by atoms with E-state index in [2.05, 4.69) is 11.0 Å². The molecule has 0 unspecified atom stereocenters. The van der Waals surface area contributed by atoms with Crippen molar-refractivity contribution in [2.75, 3.05) is 45.9 Å². The Hall–Kier alpha value is -1.12. The number of hydrogen-bond acceptors (Lipinski definition) is 4. The van der Waals surface area contributed by atoms with Gasteiger partial charge in [0.1, 0.15) is 0 Å². The number of ether oxygens (including phenoxy) is 1. The highest BCUT2D eigenvalue weighted by Crippen LogP contribution is 2.37. The summed E-state index contributed by atoms with van der Waals surface area (Å²) in [6.07, 6.45) is 2.27. The summed E-state index contributed by atoms with van der Waals surface area (Å²) in [6.45, 7) is 9.19. The van der Waals surface area contributed by atoms with Crippen LogP contribution in [0.3, 0.4) is 0 Å². The van der Waals surface area contributed by atoms with Crippen LogP contribution in [0, 0.1) is 22.7 Å². The number of amides is 1. The molecular formula is C15H25N3O2. The molecule has 2 aliphatic rings. The van der Waals surface area contributed by atoms with Crippen molar-refractivity contribution in [1.29, 1.82) is 5.26 Å². The Morgan fingerprint density at radius 2 is 2.35 bits per heavy atom. The van der Waals surface area contributed by atoms with Gasteiger partial charge in [-0.15, -0.1) is 0 Å². The SMILES string of the molecule is CCN(C[C@H](C)C#N)C(=O)CN1CC[C@]2(CCOC2)C1. The zero-order valence-electron chi connectivity index (χ0n) is 12.6. The van der Waals surface area contributed by atoms with E-state index >= 15 is 0 Å². The molecule has 2 aliphatic heterocycles. The predicted octanol–water partition coefficient (Wildman–Crippen LogP) is 1.11. The first-order valence-electron chi connectivity index (χ1n) is 7.56.